The van der Waals surface area contributed by atoms with Crippen molar-refractivity contribution in [2.24, 2.45) is 0 Å². The number of para-hydroxylation sites is 1. The van der Waals surface area contributed by atoms with E-state index in [1.165, 1.54) is 12.0 Å². The second-order valence-corrected chi connectivity index (χ2v) is 7.71. The normalized spacial score (nSPS) is 13.7. The highest BCUT2D eigenvalue weighted by Gasteiger charge is 2.27. The molecule has 2 aromatic carbocycles. The maximum absolute atomic E-state index is 13.4. The Balaban J connectivity index is 1.79. The Labute approximate surface area is 166 Å². The minimum Gasteiger partial charge on any atom is -0.327 e. The van der Waals surface area contributed by atoms with Gasteiger partial charge in [-0.2, -0.15) is 0 Å². The number of imidazole rings is 1. The van der Waals surface area contributed by atoms with Crippen molar-refractivity contribution < 1.29 is 4.79 Å². The Kier molecular flexibility index (Phi) is 5.03. The lowest BCUT2D eigenvalue weighted by Gasteiger charge is -2.19. The van der Waals surface area contributed by atoms with E-state index in [0.717, 1.165) is 54.1 Å². The zero-order valence-corrected chi connectivity index (χ0v) is 16.9. The summed E-state index contributed by atoms with van der Waals surface area (Å²) in [6.07, 6.45) is 4.33. The Hall–Kier alpha value is -2.88. The predicted molar refractivity (Wildman–Crippen MR) is 114 cm³/mol. The minimum absolute atomic E-state index is 0.0293. The first-order valence-electron chi connectivity index (χ1n) is 10.1. The second kappa shape index (κ2) is 7.63. The van der Waals surface area contributed by atoms with Crippen LogP contribution in [0.25, 0.3) is 11.4 Å². The molecule has 144 valence electrons. The van der Waals surface area contributed by atoms with Gasteiger partial charge in [-0.1, -0.05) is 54.4 Å². The van der Waals surface area contributed by atoms with Gasteiger partial charge in [0.05, 0.1) is 5.69 Å². The number of hydrogen-bond acceptors (Lipinski definition) is 2. The van der Waals surface area contributed by atoms with Crippen molar-refractivity contribution in [3.63, 3.8) is 0 Å². The van der Waals surface area contributed by atoms with Gasteiger partial charge < -0.3 is 9.47 Å². The van der Waals surface area contributed by atoms with E-state index in [1.54, 1.807) is 4.90 Å². The van der Waals surface area contributed by atoms with E-state index in [4.69, 9.17) is 4.98 Å². The van der Waals surface area contributed by atoms with Crippen molar-refractivity contribution in [1.82, 2.24) is 9.55 Å². The fourth-order valence-electron chi connectivity index (χ4n) is 4.02. The molecule has 0 spiro atoms. The molecule has 0 aliphatic carbocycles. The van der Waals surface area contributed by atoms with E-state index in [-0.39, 0.29) is 5.91 Å². The maximum Gasteiger partial charge on any atom is 0.278 e. The standard InChI is InChI=1S/C24H27N3O/c1-17-12-14-19(15-13-17)23-25-22(21-11-5-4-8-16-27(21)23)24(28)26(3)20-10-7-6-9-18(20)2/h6-7,9-10,12-15H,4-5,8,11,16H2,1-3H3. The summed E-state index contributed by atoms with van der Waals surface area (Å²) in [5, 5.41) is 0. The lowest BCUT2D eigenvalue weighted by atomic mass is 10.1. The van der Waals surface area contributed by atoms with E-state index >= 15 is 0 Å². The van der Waals surface area contributed by atoms with Gasteiger partial charge in [0.25, 0.3) is 5.91 Å². The van der Waals surface area contributed by atoms with Crippen LogP contribution in [0.3, 0.4) is 0 Å². The first-order chi connectivity index (χ1) is 13.6. The zero-order valence-electron chi connectivity index (χ0n) is 16.9. The van der Waals surface area contributed by atoms with Crippen LogP contribution in [0.2, 0.25) is 0 Å². The molecule has 1 aliphatic heterocycles. The van der Waals surface area contributed by atoms with E-state index in [9.17, 15) is 4.79 Å². The SMILES string of the molecule is Cc1ccc(-c2nc(C(=O)N(C)c3ccccc3C)c3n2CCCCC3)cc1. The Morgan fingerprint density at radius 2 is 1.75 bits per heavy atom. The molecule has 2 heterocycles. The second-order valence-electron chi connectivity index (χ2n) is 7.71. The van der Waals surface area contributed by atoms with Crippen molar-refractivity contribution in [2.45, 2.75) is 46.1 Å². The molecule has 0 N–H and O–H groups in total. The number of carbonyl (C=O) groups excluding carboxylic acids is 1. The highest BCUT2D eigenvalue weighted by atomic mass is 16.2. The number of fused-ring (bicyclic) bond motifs is 1. The van der Waals surface area contributed by atoms with Gasteiger partial charge in [0.15, 0.2) is 5.69 Å². The predicted octanol–water partition coefficient (Wildman–Crippen LogP) is 5.17. The molecule has 0 bridgehead atoms. The van der Waals surface area contributed by atoms with Crippen LogP contribution in [0, 0.1) is 13.8 Å². The highest BCUT2D eigenvalue weighted by Crippen LogP contribution is 2.29. The Morgan fingerprint density at radius 3 is 2.50 bits per heavy atom. The molecule has 28 heavy (non-hydrogen) atoms. The largest absolute Gasteiger partial charge is 0.327 e. The number of aryl methyl sites for hydroxylation is 2. The number of nitrogens with zero attached hydrogens (tertiary/aromatic N) is 3. The summed E-state index contributed by atoms with van der Waals surface area (Å²) >= 11 is 0. The number of rotatable bonds is 3. The molecule has 1 aliphatic rings. The molecule has 1 aromatic heterocycles. The lowest BCUT2D eigenvalue weighted by molar-refractivity contribution is 0.0987. The molecule has 0 unspecified atom stereocenters. The van der Waals surface area contributed by atoms with Crippen molar-refractivity contribution in [3.05, 3.63) is 71.0 Å². The van der Waals surface area contributed by atoms with Gasteiger partial charge in [-0.25, -0.2) is 4.98 Å². The minimum atomic E-state index is -0.0293. The number of aromatic nitrogens is 2. The highest BCUT2D eigenvalue weighted by molar-refractivity contribution is 6.06. The van der Waals surface area contributed by atoms with Crippen LogP contribution in [0.1, 0.15) is 46.6 Å². The van der Waals surface area contributed by atoms with Crippen LogP contribution < -0.4 is 4.90 Å². The van der Waals surface area contributed by atoms with Gasteiger partial charge in [0.2, 0.25) is 0 Å². The van der Waals surface area contributed by atoms with Gasteiger partial charge >= 0.3 is 0 Å². The zero-order chi connectivity index (χ0) is 19.7. The molecule has 3 aromatic rings. The number of carbonyl (C=O) groups is 1. The fourth-order valence-corrected chi connectivity index (χ4v) is 4.02. The van der Waals surface area contributed by atoms with Gasteiger partial charge in [-0.15, -0.1) is 0 Å². The lowest BCUT2D eigenvalue weighted by Crippen LogP contribution is -2.28. The number of benzene rings is 2. The van der Waals surface area contributed by atoms with Crippen LogP contribution in [0.5, 0.6) is 0 Å². The summed E-state index contributed by atoms with van der Waals surface area (Å²) in [6.45, 7) is 5.04. The molecular formula is C24H27N3O. The van der Waals surface area contributed by atoms with Gasteiger partial charge in [-0.3, -0.25) is 4.79 Å². The topological polar surface area (TPSA) is 38.1 Å². The van der Waals surface area contributed by atoms with Gasteiger partial charge in [0.1, 0.15) is 5.82 Å². The average Bonchev–Trinajstić information content (AvgIpc) is 2.89. The number of amides is 1. The summed E-state index contributed by atoms with van der Waals surface area (Å²) in [7, 11) is 1.85. The fraction of sp³-hybridized carbons (Fsp3) is 0.333. The van der Waals surface area contributed by atoms with E-state index in [2.05, 4.69) is 35.8 Å². The molecule has 0 saturated heterocycles. The van der Waals surface area contributed by atoms with E-state index in [1.807, 2.05) is 38.2 Å². The Morgan fingerprint density at radius 1 is 1.00 bits per heavy atom. The summed E-state index contributed by atoms with van der Waals surface area (Å²) in [5.74, 6) is 0.886. The molecule has 0 radical (unpaired) electrons. The molecule has 1 amide bonds. The molecular weight excluding hydrogens is 346 g/mol. The first-order valence-corrected chi connectivity index (χ1v) is 10.1. The summed E-state index contributed by atoms with van der Waals surface area (Å²) < 4.78 is 2.27. The number of hydrogen-bond donors (Lipinski definition) is 0. The first kappa shape index (κ1) is 18.5. The summed E-state index contributed by atoms with van der Waals surface area (Å²) in [4.78, 5) is 20.1. The van der Waals surface area contributed by atoms with Crippen LogP contribution >= 0.6 is 0 Å². The van der Waals surface area contributed by atoms with Gasteiger partial charge in [-0.05, 0) is 44.7 Å². The molecule has 0 atom stereocenters. The third-order valence-corrected chi connectivity index (χ3v) is 5.66. The van der Waals surface area contributed by atoms with Crippen LogP contribution in [-0.4, -0.2) is 22.5 Å². The summed E-state index contributed by atoms with van der Waals surface area (Å²) in [5.41, 5.74) is 6.00. The third-order valence-electron chi connectivity index (χ3n) is 5.66. The van der Waals surface area contributed by atoms with E-state index in [0.29, 0.717) is 5.69 Å². The van der Waals surface area contributed by atoms with Crippen molar-refractivity contribution in [1.29, 1.82) is 0 Å². The van der Waals surface area contributed by atoms with E-state index < -0.39 is 0 Å². The van der Waals surface area contributed by atoms with Crippen molar-refractivity contribution in [3.8, 4) is 11.4 Å². The van der Waals surface area contributed by atoms with Crippen LogP contribution in [0.4, 0.5) is 5.69 Å². The van der Waals surface area contributed by atoms with Crippen LogP contribution in [-0.2, 0) is 13.0 Å². The molecule has 0 fully saturated rings. The third kappa shape index (κ3) is 3.35. The smallest absolute Gasteiger partial charge is 0.278 e. The van der Waals surface area contributed by atoms with Crippen molar-refractivity contribution >= 4 is 11.6 Å². The monoisotopic (exact) mass is 373 g/mol. The van der Waals surface area contributed by atoms with Gasteiger partial charge in [0, 0.05) is 24.8 Å². The number of anilines is 1. The Bertz CT molecular complexity index is 1000. The molecule has 0 saturated carbocycles. The maximum atomic E-state index is 13.4. The quantitative estimate of drug-likeness (QED) is 0.635. The van der Waals surface area contributed by atoms with Crippen LogP contribution in [0.15, 0.2) is 48.5 Å². The molecule has 4 rings (SSSR count). The summed E-state index contributed by atoms with van der Waals surface area (Å²) in [6, 6.07) is 16.4. The average molecular weight is 374 g/mol. The molecule has 4 heteroatoms. The molecule has 4 nitrogen and oxygen atoms in total. The van der Waals surface area contributed by atoms with Crippen molar-refractivity contribution in [2.75, 3.05) is 11.9 Å².